The van der Waals surface area contributed by atoms with Crippen molar-refractivity contribution >= 4 is 33.2 Å². The molecule has 1 fully saturated rings. The molecular formula is C18H24ClF2N3O3S. The molecule has 2 N–H and O–H groups in total. The molecule has 1 amide bonds. The summed E-state index contributed by atoms with van der Waals surface area (Å²) in [5.41, 5.74) is 0.420. The van der Waals surface area contributed by atoms with Gasteiger partial charge in [-0.25, -0.2) is 21.9 Å². The van der Waals surface area contributed by atoms with E-state index in [2.05, 4.69) is 16.6 Å². The number of piperidine rings is 1. The number of hydrogen-bond acceptors (Lipinski definition) is 4. The average molecular weight is 436 g/mol. The van der Waals surface area contributed by atoms with Crippen LogP contribution in [0, 0.1) is 6.92 Å². The number of amides is 1. The Labute approximate surface area is 169 Å². The van der Waals surface area contributed by atoms with Crippen LogP contribution in [-0.2, 0) is 20.7 Å². The van der Waals surface area contributed by atoms with Crippen LogP contribution in [0.4, 0.5) is 14.5 Å². The Hall–Kier alpha value is -1.71. The van der Waals surface area contributed by atoms with E-state index in [9.17, 15) is 22.0 Å². The van der Waals surface area contributed by atoms with E-state index in [0.717, 1.165) is 12.3 Å². The van der Waals surface area contributed by atoms with Gasteiger partial charge in [0.1, 0.15) is 0 Å². The number of rotatable bonds is 7. The second kappa shape index (κ2) is 8.75. The molecule has 10 heteroatoms. The number of anilines is 1. The zero-order valence-electron chi connectivity index (χ0n) is 15.8. The van der Waals surface area contributed by atoms with Gasteiger partial charge in [-0.1, -0.05) is 18.2 Å². The summed E-state index contributed by atoms with van der Waals surface area (Å²) in [4.78, 5) is 14.0. The molecule has 1 heterocycles. The topological polar surface area (TPSA) is 78.5 Å². The zero-order chi connectivity index (χ0) is 21.1. The van der Waals surface area contributed by atoms with Crippen LogP contribution in [0.2, 0.25) is 5.02 Å². The molecule has 1 aromatic carbocycles. The third-order valence-corrected chi connectivity index (χ3v) is 6.11. The molecule has 2 rings (SSSR count). The summed E-state index contributed by atoms with van der Waals surface area (Å²) >= 11 is 6.04. The van der Waals surface area contributed by atoms with E-state index < -0.39 is 15.9 Å². The van der Waals surface area contributed by atoms with Crippen LogP contribution in [0.1, 0.15) is 30.9 Å². The maximum absolute atomic E-state index is 13.9. The second-order valence-electron chi connectivity index (χ2n) is 6.87. The fourth-order valence-electron chi connectivity index (χ4n) is 3.00. The largest absolute Gasteiger partial charge is 0.376 e. The monoisotopic (exact) mass is 435 g/mol. The lowest BCUT2D eigenvalue weighted by molar-refractivity contribution is -0.130. The first-order valence-corrected chi connectivity index (χ1v) is 10.7. The summed E-state index contributed by atoms with van der Waals surface area (Å²) in [7, 11) is -3.51. The maximum atomic E-state index is 13.9. The van der Waals surface area contributed by atoms with Crippen LogP contribution >= 0.6 is 11.6 Å². The fraction of sp³-hybridized carbons (Fsp3) is 0.500. The van der Waals surface area contributed by atoms with E-state index >= 15 is 0 Å². The highest BCUT2D eigenvalue weighted by atomic mass is 35.5. The maximum Gasteiger partial charge on any atom is 0.272 e. The number of aryl methyl sites for hydroxylation is 1. The highest BCUT2D eigenvalue weighted by molar-refractivity contribution is 7.92. The Balaban J connectivity index is 1.97. The molecule has 0 bridgehead atoms. The molecule has 0 spiro atoms. The molecule has 28 heavy (non-hydrogen) atoms. The minimum Gasteiger partial charge on any atom is -0.376 e. The highest BCUT2D eigenvalue weighted by Gasteiger charge is 2.29. The standard InChI is InChI=1S/C18H24ClF2N3O3S/c1-4-28(26,27)23-13-5-7-24(8-6-13)17(25)11-22-16-10-15(19)12(2)9-14(16)18(3,20)21/h4,9-10,13,22-23H,1,5-8,11H2,2-3H3. The van der Waals surface area contributed by atoms with Crippen LogP contribution < -0.4 is 10.0 Å². The number of nitrogens with one attached hydrogen (secondary N) is 2. The number of likely N-dealkylation sites (tertiary alicyclic amines) is 1. The smallest absolute Gasteiger partial charge is 0.272 e. The summed E-state index contributed by atoms with van der Waals surface area (Å²) in [6, 6.07) is 2.45. The summed E-state index contributed by atoms with van der Waals surface area (Å²) < 4.78 is 53.3. The Morgan fingerprint density at radius 3 is 2.54 bits per heavy atom. The predicted octanol–water partition coefficient (Wildman–Crippen LogP) is 3.23. The van der Waals surface area contributed by atoms with Crippen molar-refractivity contribution in [3.8, 4) is 0 Å². The third kappa shape index (κ3) is 5.89. The molecule has 6 nitrogen and oxygen atoms in total. The summed E-state index contributed by atoms with van der Waals surface area (Å²) in [6.07, 6.45) is 0.931. The van der Waals surface area contributed by atoms with Crippen LogP contribution in [0.25, 0.3) is 0 Å². The van der Waals surface area contributed by atoms with Gasteiger partial charge in [0, 0.05) is 47.7 Å². The molecule has 0 saturated carbocycles. The quantitative estimate of drug-likeness (QED) is 0.689. The molecule has 1 aliphatic rings. The molecule has 0 radical (unpaired) electrons. The minimum atomic E-state index is -3.51. The van der Waals surface area contributed by atoms with E-state index in [1.54, 1.807) is 11.8 Å². The van der Waals surface area contributed by atoms with Crippen molar-refractivity contribution in [1.82, 2.24) is 9.62 Å². The molecule has 0 atom stereocenters. The van der Waals surface area contributed by atoms with Crippen molar-refractivity contribution in [3.05, 3.63) is 40.3 Å². The average Bonchev–Trinajstić information content (AvgIpc) is 2.61. The first kappa shape index (κ1) is 22.6. The lowest BCUT2D eigenvalue weighted by atomic mass is 10.0. The van der Waals surface area contributed by atoms with Gasteiger partial charge in [-0.2, -0.15) is 0 Å². The highest BCUT2D eigenvalue weighted by Crippen LogP contribution is 2.36. The van der Waals surface area contributed by atoms with E-state index in [1.165, 1.54) is 12.1 Å². The van der Waals surface area contributed by atoms with E-state index in [1.807, 2.05) is 0 Å². The molecular weight excluding hydrogens is 412 g/mol. The lowest BCUT2D eigenvalue weighted by Crippen LogP contribution is -2.47. The van der Waals surface area contributed by atoms with Crippen molar-refractivity contribution in [1.29, 1.82) is 0 Å². The van der Waals surface area contributed by atoms with Gasteiger partial charge in [-0.15, -0.1) is 0 Å². The van der Waals surface area contributed by atoms with Gasteiger partial charge < -0.3 is 10.2 Å². The van der Waals surface area contributed by atoms with Gasteiger partial charge in [-0.05, 0) is 37.5 Å². The number of carbonyl (C=O) groups excluding carboxylic acids is 1. The number of benzene rings is 1. The predicted molar refractivity (Wildman–Crippen MR) is 106 cm³/mol. The summed E-state index contributed by atoms with van der Waals surface area (Å²) in [6.45, 7) is 6.25. The van der Waals surface area contributed by atoms with Gasteiger partial charge in [0.15, 0.2) is 0 Å². The summed E-state index contributed by atoms with van der Waals surface area (Å²) in [5.74, 6) is -3.34. The van der Waals surface area contributed by atoms with Gasteiger partial charge in [-0.3, -0.25) is 4.79 Å². The normalized spacial score (nSPS) is 16.1. The van der Waals surface area contributed by atoms with Crippen molar-refractivity contribution < 1.29 is 22.0 Å². The summed E-state index contributed by atoms with van der Waals surface area (Å²) in [5, 5.41) is 3.94. The molecule has 0 aliphatic carbocycles. The molecule has 0 aromatic heterocycles. The first-order chi connectivity index (χ1) is 12.9. The van der Waals surface area contributed by atoms with Gasteiger partial charge in [0.25, 0.3) is 5.92 Å². The molecule has 1 aromatic rings. The van der Waals surface area contributed by atoms with Gasteiger partial charge in [0.05, 0.1) is 6.54 Å². The van der Waals surface area contributed by atoms with Gasteiger partial charge in [0.2, 0.25) is 15.9 Å². The van der Waals surface area contributed by atoms with E-state index in [0.29, 0.717) is 36.5 Å². The Bertz CT molecular complexity index is 848. The number of nitrogens with zero attached hydrogens (tertiary/aromatic N) is 1. The Morgan fingerprint density at radius 1 is 1.39 bits per heavy atom. The van der Waals surface area contributed by atoms with E-state index in [4.69, 9.17) is 11.6 Å². The Morgan fingerprint density at radius 2 is 2.00 bits per heavy atom. The number of alkyl halides is 2. The molecule has 1 saturated heterocycles. The lowest BCUT2D eigenvalue weighted by Gasteiger charge is -2.32. The van der Waals surface area contributed by atoms with Crippen LogP contribution in [0.5, 0.6) is 0 Å². The van der Waals surface area contributed by atoms with Crippen molar-refractivity contribution in [3.63, 3.8) is 0 Å². The Kier molecular flexibility index (Phi) is 7.06. The number of carbonyl (C=O) groups is 1. The number of sulfonamides is 1. The van der Waals surface area contributed by atoms with Crippen LogP contribution in [0.3, 0.4) is 0 Å². The van der Waals surface area contributed by atoms with E-state index in [-0.39, 0.29) is 29.7 Å². The fourth-order valence-corrected chi connectivity index (χ4v) is 3.96. The molecule has 1 aliphatic heterocycles. The second-order valence-corrected chi connectivity index (χ2v) is 8.94. The SMILES string of the molecule is C=CS(=O)(=O)NC1CCN(C(=O)CNc2cc(Cl)c(C)cc2C(C)(F)F)CC1. The number of hydrogen-bond donors (Lipinski definition) is 2. The third-order valence-electron chi connectivity index (χ3n) is 4.60. The number of halogens is 3. The van der Waals surface area contributed by atoms with Crippen molar-refractivity contribution in [2.45, 2.75) is 38.7 Å². The van der Waals surface area contributed by atoms with Crippen LogP contribution in [0.15, 0.2) is 24.1 Å². The molecule has 0 unspecified atom stereocenters. The van der Waals surface area contributed by atoms with Crippen molar-refractivity contribution in [2.75, 3.05) is 25.0 Å². The molecule has 156 valence electrons. The van der Waals surface area contributed by atoms with Crippen LogP contribution in [-0.4, -0.2) is 44.9 Å². The zero-order valence-corrected chi connectivity index (χ0v) is 17.3. The minimum absolute atomic E-state index is 0.116. The first-order valence-electron chi connectivity index (χ1n) is 8.78. The van der Waals surface area contributed by atoms with Crippen molar-refractivity contribution in [2.24, 2.45) is 0 Å². The van der Waals surface area contributed by atoms with Gasteiger partial charge >= 0.3 is 0 Å².